The van der Waals surface area contributed by atoms with Crippen molar-refractivity contribution in [1.82, 2.24) is 0 Å². The molecule has 0 radical (unpaired) electrons. The van der Waals surface area contributed by atoms with Gasteiger partial charge in [-0.25, -0.2) is 0 Å². The van der Waals surface area contributed by atoms with Crippen LogP contribution in [0.2, 0.25) is 0 Å². The molecule has 4 atom stereocenters. The lowest BCUT2D eigenvalue weighted by Crippen LogP contribution is -2.45. The molecule has 3 nitrogen and oxygen atoms in total. The van der Waals surface area contributed by atoms with Gasteiger partial charge in [0, 0.05) is 0 Å². The third-order valence-corrected chi connectivity index (χ3v) is 5.77. The number of hydrogen-bond acceptors (Lipinski definition) is 3. The number of rotatable bonds is 3. The van der Waals surface area contributed by atoms with Crippen LogP contribution in [0, 0.1) is 11.8 Å². The van der Waals surface area contributed by atoms with Crippen molar-refractivity contribution in [1.29, 1.82) is 0 Å². The van der Waals surface area contributed by atoms with E-state index in [4.69, 9.17) is 0 Å². The fourth-order valence-electron chi connectivity index (χ4n) is 4.27. The minimum absolute atomic E-state index is 0.0123. The van der Waals surface area contributed by atoms with Gasteiger partial charge in [0.2, 0.25) is 0 Å². The second-order valence-electron chi connectivity index (χ2n) is 7.54. The predicted octanol–water partition coefficient (Wildman–Crippen LogP) is 4.12. The van der Waals surface area contributed by atoms with Crippen LogP contribution in [0.1, 0.15) is 46.0 Å². The van der Waals surface area contributed by atoms with E-state index in [1.165, 1.54) is 5.57 Å². The van der Waals surface area contributed by atoms with Crippen molar-refractivity contribution >= 4 is 0 Å². The van der Waals surface area contributed by atoms with Crippen molar-refractivity contribution in [2.45, 2.75) is 57.7 Å². The van der Waals surface area contributed by atoms with Gasteiger partial charge in [-0.05, 0) is 86.3 Å². The van der Waals surface area contributed by atoms with Crippen LogP contribution < -0.4 is 0 Å². The fourth-order valence-corrected chi connectivity index (χ4v) is 4.27. The Labute approximate surface area is 144 Å². The molecule has 3 heteroatoms. The number of allylic oxidation sites excluding steroid dienone is 5. The highest BCUT2D eigenvalue weighted by molar-refractivity contribution is 5.50. The number of aliphatic hydroxyl groups excluding tert-OH is 2. The maximum atomic E-state index is 11.4. The Morgan fingerprint density at radius 3 is 2.67 bits per heavy atom. The summed E-state index contributed by atoms with van der Waals surface area (Å²) in [5.74, 6) is -0.235. The molecule has 0 aromatic carbocycles. The molecule has 3 aliphatic rings. The average molecular weight is 328 g/mol. The highest BCUT2D eigenvalue weighted by Gasteiger charge is 2.46. The van der Waals surface area contributed by atoms with Crippen molar-refractivity contribution in [3.05, 3.63) is 58.9 Å². The quantitative estimate of drug-likeness (QED) is 0.683. The first-order valence-electron chi connectivity index (χ1n) is 8.90. The molecule has 0 aromatic heterocycles. The van der Waals surface area contributed by atoms with Crippen LogP contribution in [0.5, 0.6) is 0 Å². The first kappa shape index (κ1) is 17.2. The van der Waals surface area contributed by atoms with Crippen molar-refractivity contribution in [2.24, 2.45) is 11.8 Å². The van der Waals surface area contributed by atoms with E-state index in [2.05, 4.69) is 12.7 Å². The molecule has 0 aromatic rings. The van der Waals surface area contributed by atoms with E-state index in [1.807, 2.05) is 32.1 Å². The molecule has 0 bridgehead atoms. The first-order chi connectivity index (χ1) is 11.3. The molecule has 0 amide bonds. The number of aliphatic hydroxyl groups is 3. The van der Waals surface area contributed by atoms with Gasteiger partial charge in [-0.3, -0.25) is 0 Å². The van der Waals surface area contributed by atoms with Gasteiger partial charge in [0.1, 0.15) is 11.4 Å². The third kappa shape index (κ3) is 2.91. The molecule has 0 spiro atoms. The van der Waals surface area contributed by atoms with E-state index in [1.54, 1.807) is 0 Å². The zero-order chi connectivity index (χ0) is 17.5. The van der Waals surface area contributed by atoms with Crippen LogP contribution in [-0.4, -0.2) is 27.0 Å². The second kappa shape index (κ2) is 6.38. The van der Waals surface area contributed by atoms with Crippen LogP contribution in [0.4, 0.5) is 0 Å². The zero-order valence-electron chi connectivity index (χ0n) is 14.6. The molecule has 130 valence electrons. The highest BCUT2D eigenvalue weighted by Crippen LogP contribution is 2.46. The summed E-state index contributed by atoms with van der Waals surface area (Å²) in [6.07, 6.45) is 12.0. The van der Waals surface area contributed by atoms with E-state index in [0.717, 1.165) is 36.8 Å². The molecule has 3 unspecified atom stereocenters. The second-order valence-corrected chi connectivity index (χ2v) is 7.54. The van der Waals surface area contributed by atoms with Crippen LogP contribution >= 0.6 is 0 Å². The molecule has 0 aliphatic heterocycles. The van der Waals surface area contributed by atoms with Crippen molar-refractivity contribution in [3.63, 3.8) is 0 Å². The Bertz CT molecular complexity index is 665. The van der Waals surface area contributed by atoms with Crippen molar-refractivity contribution in [2.75, 3.05) is 0 Å². The molecular formula is C21H28O3. The Kier molecular flexibility index (Phi) is 4.58. The van der Waals surface area contributed by atoms with E-state index < -0.39 is 17.6 Å². The van der Waals surface area contributed by atoms with E-state index in [9.17, 15) is 15.3 Å². The van der Waals surface area contributed by atoms with Gasteiger partial charge in [-0.15, -0.1) is 0 Å². The van der Waals surface area contributed by atoms with E-state index >= 15 is 0 Å². The van der Waals surface area contributed by atoms with Crippen LogP contribution in [0.3, 0.4) is 0 Å². The summed E-state index contributed by atoms with van der Waals surface area (Å²) >= 11 is 0. The summed E-state index contributed by atoms with van der Waals surface area (Å²) in [5, 5.41) is 32.1. The summed E-state index contributed by atoms with van der Waals surface area (Å²) in [7, 11) is 0. The zero-order valence-corrected chi connectivity index (χ0v) is 14.6. The van der Waals surface area contributed by atoms with E-state index in [-0.39, 0.29) is 11.7 Å². The Hall–Kier alpha value is -1.58. The summed E-state index contributed by atoms with van der Waals surface area (Å²) < 4.78 is 0. The van der Waals surface area contributed by atoms with Gasteiger partial charge in [0.25, 0.3) is 0 Å². The van der Waals surface area contributed by atoms with Crippen molar-refractivity contribution in [3.8, 4) is 0 Å². The molecule has 0 heterocycles. The summed E-state index contributed by atoms with van der Waals surface area (Å²) in [5.41, 5.74) is 2.41. The smallest absolute Gasteiger partial charge is 0.114 e. The third-order valence-electron chi connectivity index (χ3n) is 5.77. The first-order valence-corrected chi connectivity index (χ1v) is 8.90. The lowest BCUT2D eigenvalue weighted by Gasteiger charge is -2.42. The molecule has 0 saturated heterocycles. The Morgan fingerprint density at radius 2 is 2.08 bits per heavy atom. The van der Waals surface area contributed by atoms with Crippen LogP contribution in [0.25, 0.3) is 0 Å². The Balaban J connectivity index is 2.01. The predicted molar refractivity (Wildman–Crippen MR) is 96.5 cm³/mol. The normalized spacial score (nSPS) is 36.6. The lowest BCUT2D eigenvalue weighted by atomic mass is 9.66. The van der Waals surface area contributed by atoms with Gasteiger partial charge in [-0.2, -0.15) is 0 Å². The molecule has 3 N–H and O–H groups in total. The van der Waals surface area contributed by atoms with E-state index in [0.29, 0.717) is 12.0 Å². The van der Waals surface area contributed by atoms with Gasteiger partial charge in [-0.1, -0.05) is 18.7 Å². The van der Waals surface area contributed by atoms with Gasteiger partial charge >= 0.3 is 0 Å². The van der Waals surface area contributed by atoms with Crippen molar-refractivity contribution < 1.29 is 15.3 Å². The highest BCUT2D eigenvalue weighted by atomic mass is 16.3. The molecule has 3 aliphatic carbocycles. The molecule has 3 rings (SSSR count). The minimum Gasteiger partial charge on any atom is -0.512 e. The SMILES string of the molecule is C=C(C)C1(O)C=C(C2=CCCC2)C=C(O)[C@@H]1C1C=C(C)C(O)CC1. The maximum absolute atomic E-state index is 11.4. The summed E-state index contributed by atoms with van der Waals surface area (Å²) in [4.78, 5) is 0. The maximum Gasteiger partial charge on any atom is 0.114 e. The van der Waals surface area contributed by atoms with Gasteiger partial charge in [0.05, 0.1) is 12.0 Å². The minimum atomic E-state index is -1.26. The summed E-state index contributed by atoms with van der Waals surface area (Å²) in [6, 6.07) is 0. The van der Waals surface area contributed by atoms with Crippen LogP contribution in [0.15, 0.2) is 58.9 Å². The standard InChI is InChI=1S/C21H28O3/c1-13(2)21(24)12-17(15-6-4-5-7-15)11-19(23)20(21)16-8-9-18(22)14(3)10-16/h6,10-12,16,18,20,22-24H,1,4-5,7-9H2,2-3H3/t16?,18?,20-,21?/m0/s1. The molecule has 0 saturated carbocycles. The summed E-state index contributed by atoms with van der Waals surface area (Å²) in [6.45, 7) is 7.73. The Morgan fingerprint density at radius 1 is 1.33 bits per heavy atom. The lowest BCUT2D eigenvalue weighted by molar-refractivity contribution is 0.0288. The van der Waals surface area contributed by atoms with Gasteiger partial charge in [0.15, 0.2) is 0 Å². The topological polar surface area (TPSA) is 60.7 Å². The molecule has 24 heavy (non-hydrogen) atoms. The van der Waals surface area contributed by atoms with Crippen LogP contribution in [-0.2, 0) is 0 Å². The van der Waals surface area contributed by atoms with Gasteiger partial charge < -0.3 is 15.3 Å². The molecule has 0 fully saturated rings. The molecular weight excluding hydrogens is 300 g/mol. The average Bonchev–Trinajstić information content (AvgIpc) is 3.04. The fraction of sp³-hybridized carbons (Fsp3) is 0.524. The monoisotopic (exact) mass is 328 g/mol. The largest absolute Gasteiger partial charge is 0.512 e. The number of hydrogen-bond donors (Lipinski definition) is 3.